The minimum absolute atomic E-state index is 0.398. The molecular weight excluding hydrogens is 208 g/mol. The molecule has 15 heavy (non-hydrogen) atoms. The van der Waals surface area contributed by atoms with Gasteiger partial charge in [-0.05, 0) is 43.4 Å². The third kappa shape index (κ3) is 4.61. The van der Waals surface area contributed by atoms with E-state index in [2.05, 4.69) is 29.9 Å². The van der Waals surface area contributed by atoms with Gasteiger partial charge in [0.2, 0.25) is 5.28 Å². The highest BCUT2D eigenvalue weighted by Crippen LogP contribution is 2.11. The van der Waals surface area contributed by atoms with Crippen LogP contribution in [0.15, 0.2) is 6.07 Å². The largest absolute Gasteiger partial charge is 0.223 e. The summed E-state index contributed by atoms with van der Waals surface area (Å²) in [6.45, 7) is 4.36. The van der Waals surface area contributed by atoms with E-state index in [-0.39, 0.29) is 0 Å². The molecule has 0 fully saturated rings. The lowest BCUT2D eigenvalue weighted by atomic mass is 10.1. The van der Waals surface area contributed by atoms with E-state index in [0.717, 1.165) is 24.2 Å². The third-order valence-corrected chi connectivity index (χ3v) is 2.55. The minimum Gasteiger partial charge on any atom is -0.223 e. The number of hydrogen-bond acceptors (Lipinski definition) is 2. The maximum atomic E-state index is 5.89. The molecule has 0 aliphatic carbocycles. The van der Waals surface area contributed by atoms with Crippen LogP contribution in [0.1, 0.15) is 50.9 Å². The van der Waals surface area contributed by atoms with Crippen LogP contribution in [0.4, 0.5) is 0 Å². The molecule has 0 aliphatic rings. The van der Waals surface area contributed by atoms with Crippen molar-refractivity contribution in [1.82, 2.24) is 9.97 Å². The van der Waals surface area contributed by atoms with Crippen LogP contribution in [0.5, 0.6) is 0 Å². The second kappa shape index (κ2) is 6.78. The molecule has 0 bridgehead atoms. The molecule has 0 atom stereocenters. The van der Waals surface area contributed by atoms with Gasteiger partial charge in [-0.15, -0.1) is 0 Å². The molecule has 0 radical (unpaired) electrons. The van der Waals surface area contributed by atoms with E-state index in [1.54, 1.807) is 0 Å². The minimum atomic E-state index is 0.398. The topological polar surface area (TPSA) is 25.8 Å². The van der Waals surface area contributed by atoms with Crippen LogP contribution in [0.2, 0.25) is 5.28 Å². The molecule has 0 amide bonds. The molecule has 1 aromatic heterocycles. The predicted octanol–water partition coefficient (Wildman–Crippen LogP) is 3.82. The van der Waals surface area contributed by atoms with Gasteiger partial charge >= 0.3 is 0 Å². The second-order valence-corrected chi connectivity index (χ2v) is 4.16. The standard InChI is InChI=1S/C12H19ClN2/c1-3-5-7-10-9-11(8-6-4-2)15-12(13)14-10/h9H,3-8H2,1-2H3. The summed E-state index contributed by atoms with van der Waals surface area (Å²) >= 11 is 5.89. The van der Waals surface area contributed by atoms with Crippen molar-refractivity contribution in [3.05, 3.63) is 22.7 Å². The molecule has 0 saturated carbocycles. The number of nitrogens with zero attached hydrogens (tertiary/aromatic N) is 2. The average molecular weight is 227 g/mol. The number of aryl methyl sites for hydroxylation is 2. The number of unbranched alkanes of at least 4 members (excludes halogenated alkanes) is 2. The van der Waals surface area contributed by atoms with Gasteiger partial charge in [-0.2, -0.15) is 0 Å². The Labute approximate surface area is 97.1 Å². The SMILES string of the molecule is CCCCc1cc(CCCC)nc(Cl)n1. The van der Waals surface area contributed by atoms with Gasteiger partial charge in [0, 0.05) is 11.4 Å². The van der Waals surface area contributed by atoms with Crippen LogP contribution < -0.4 is 0 Å². The first-order valence-electron chi connectivity index (χ1n) is 5.78. The Morgan fingerprint density at radius 2 is 1.47 bits per heavy atom. The van der Waals surface area contributed by atoms with Gasteiger partial charge < -0.3 is 0 Å². The zero-order chi connectivity index (χ0) is 11.1. The second-order valence-electron chi connectivity index (χ2n) is 3.83. The van der Waals surface area contributed by atoms with Gasteiger partial charge in [0.15, 0.2) is 0 Å². The van der Waals surface area contributed by atoms with E-state index in [0.29, 0.717) is 5.28 Å². The summed E-state index contributed by atoms with van der Waals surface area (Å²) in [5, 5.41) is 0.398. The van der Waals surface area contributed by atoms with E-state index in [4.69, 9.17) is 11.6 Å². The van der Waals surface area contributed by atoms with E-state index >= 15 is 0 Å². The van der Waals surface area contributed by atoms with Gasteiger partial charge in [-0.3, -0.25) is 0 Å². The molecule has 0 saturated heterocycles. The van der Waals surface area contributed by atoms with Crippen molar-refractivity contribution in [2.75, 3.05) is 0 Å². The van der Waals surface area contributed by atoms with Gasteiger partial charge in [0.1, 0.15) is 0 Å². The highest BCUT2D eigenvalue weighted by atomic mass is 35.5. The summed E-state index contributed by atoms with van der Waals surface area (Å²) in [4.78, 5) is 8.47. The Morgan fingerprint density at radius 3 is 1.87 bits per heavy atom. The van der Waals surface area contributed by atoms with Crippen molar-refractivity contribution in [1.29, 1.82) is 0 Å². The summed E-state index contributed by atoms with van der Waals surface area (Å²) in [7, 11) is 0. The van der Waals surface area contributed by atoms with Gasteiger partial charge in [-0.1, -0.05) is 26.7 Å². The molecule has 1 heterocycles. The van der Waals surface area contributed by atoms with Crippen molar-refractivity contribution in [3.8, 4) is 0 Å². The molecule has 1 aromatic rings. The Hall–Kier alpha value is -0.630. The first-order chi connectivity index (χ1) is 7.26. The maximum Gasteiger partial charge on any atom is 0.222 e. The summed E-state index contributed by atoms with van der Waals surface area (Å²) in [6.07, 6.45) is 6.73. The van der Waals surface area contributed by atoms with E-state index < -0.39 is 0 Å². The zero-order valence-corrected chi connectivity index (χ0v) is 10.3. The number of aromatic nitrogens is 2. The fourth-order valence-corrected chi connectivity index (χ4v) is 1.71. The summed E-state index contributed by atoms with van der Waals surface area (Å²) < 4.78 is 0. The van der Waals surface area contributed by atoms with E-state index in [1.807, 2.05) is 0 Å². The molecule has 0 N–H and O–H groups in total. The highest BCUT2D eigenvalue weighted by molar-refractivity contribution is 6.28. The van der Waals surface area contributed by atoms with Crippen molar-refractivity contribution in [3.63, 3.8) is 0 Å². The Morgan fingerprint density at radius 1 is 1.00 bits per heavy atom. The molecule has 0 unspecified atom stereocenters. The first-order valence-corrected chi connectivity index (χ1v) is 6.16. The van der Waals surface area contributed by atoms with Gasteiger partial charge in [0.05, 0.1) is 0 Å². The van der Waals surface area contributed by atoms with Crippen molar-refractivity contribution in [2.24, 2.45) is 0 Å². The van der Waals surface area contributed by atoms with Crippen LogP contribution >= 0.6 is 11.6 Å². The molecule has 84 valence electrons. The van der Waals surface area contributed by atoms with Crippen LogP contribution in [-0.4, -0.2) is 9.97 Å². The lowest BCUT2D eigenvalue weighted by molar-refractivity contribution is 0.748. The lowest BCUT2D eigenvalue weighted by Gasteiger charge is -2.04. The van der Waals surface area contributed by atoms with Gasteiger partial charge in [-0.25, -0.2) is 9.97 Å². The Balaban J connectivity index is 2.66. The van der Waals surface area contributed by atoms with Gasteiger partial charge in [0.25, 0.3) is 0 Å². The van der Waals surface area contributed by atoms with E-state index in [9.17, 15) is 0 Å². The Bertz CT molecular complexity index is 273. The molecule has 1 rings (SSSR count). The van der Waals surface area contributed by atoms with E-state index in [1.165, 1.54) is 25.7 Å². The quantitative estimate of drug-likeness (QED) is 0.690. The van der Waals surface area contributed by atoms with Crippen LogP contribution in [0.3, 0.4) is 0 Å². The van der Waals surface area contributed by atoms with Crippen molar-refractivity contribution >= 4 is 11.6 Å². The molecule has 0 aliphatic heterocycles. The number of halogens is 1. The smallest absolute Gasteiger partial charge is 0.222 e. The Kier molecular flexibility index (Phi) is 5.62. The van der Waals surface area contributed by atoms with Crippen LogP contribution in [-0.2, 0) is 12.8 Å². The fraction of sp³-hybridized carbons (Fsp3) is 0.667. The monoisotopic (exact) mass is 226 g/mol. The van der Waals surface area contributed by atoms with Crippen LogP contribution in [0.25, 0.3) is 0 Å². The maximum absolute atomic E-state index is 5.89. The van der Waals surface area contributed by atoms with Crippen molar-refractivity contribution in [2.45, 2.75) is 52.4 Å². The average Bonchev–Trinajstić information content (AvgIpc) is 2.23. The first kappa shape index (κ1) is 12.4. The number of hydrogen-bond donors (Lipinski definition) is 0. The summed E-state index contributed by atoms with van der Waals surface area (Å²) in [5.74, 6) is 0. The summed E-state index contributed by atoms with van der Waals surface area (Å²) in [6, 6.07) is 2.09. The molecule has 3 heteroatoms. The molecule has 2 nitrogen and oxygen atoms in total. The fourth-order valence-electron chi connectivity index (χ4n) is 1.49. The third-order valence-electron chi connectivity index (χ3n) is 2.38. The highest BCUT2D eigenvalue weighted by Gasteiger charge is 2.02. The van der Waals surface area contributed by atoms with Crippen LogP contribution in [0, 0.1) is 0 Å². The normalized spacial score (nSPS) is 10.6. The zero-order valence-electron chi connectivity index (χ0n) is 9.59. The molecule has 0 aromatic carbocycles. The summed E-state index contributed by atoms with van der Waals surface area (Å²) in [5.41, 5.74) is 2.17. The predicted molar refractivity (Wildman–Crippen MR) is 64.3 cm³/mol. The molecular formula is C12H19ClN2. The molecule has 0 spiro atoms. The van der Waals surface area contributed by atoms with Crippen molar-refractivity contribution < 1.29 is 0 Å². The number of rotatable bonds is 6. The lowest BCUT2D eigenvalue weighted by Crippen LogP contribution is -1.98.